The first kappa shape index (κ1) is 23.5. The number of carbonyl (C=O) groups excluding carboxylic acids is 1. The fourth-order valence-electron chi connectivity index (χ4n) is 3.53. The van der Waals surface area contributed by atoms with E-state index < -0.39 is 13.7 Å². The Labute approximate surface area is 186 Å². The van der Waals surface area contributed by atoms with Crippen molar-refractivity contribution in [2.45, 2.75) is 77.7 Å². The number of anilines is 1. The molecular weight excluding hydrogens is 410 g/mol. The van der Waals surface area contributed by atoms with Gasteiger partial charge in [0.25, 0.3) is 0 Å². The average Bonchev–Trinajstić information content (AvgIpc) is 3.05. The van der Waals surface area contributed by atoms with E-state index in [4.69, 9.17) is 14.5 Å². The van der Waals surface area contributed by atoms with E-state index in [0.29, 0.717) is 13.3 Å². The Morgan fingerprint density at radius 3 is 2.81 bits per heavy atom. The maximum Gasteiger partial charge on any atom is 0.407 e. The van der Waals surface area contributed by atoms with Gasteiger partial charge in [-0.05, 0) is 45.7 Å². The number of carbonyl (C=O) groups is 1. The molecule has 1 N–H and O–H groups in total. The minimum Gasteiger partial charge on any atom is -0.444 e. The molecule has 2 aromatic heterocycles. The molecule has 2 aromatic rings. The fraction of sp³-hybridized carbons (Fsp3) is 0.682. The lowest BCUT2D eigenvalue weighted by Gasteiger charge is -2.34. The number of fused-ring (bicyclic) bond motifs is 1. The van der Waals surface area contributed by atoms with Crippen LogP contribution in [0.5, 0.6) is 0 Å². The lowest BCUT2D eigenvalue weighted by molar-refractivity contribution is 0.0500. The highest BCUT2D eigenvalue weighted by molar-refractivity contribution is 6.76. The number of rotatable bonds is 7. The molecule has 0 spiro atoms. The van der Waals surface area contributed by atoms with E-state index in [1.165, 1.54) is 0 Å². The highest BCUT2D eigenvalue weighted by Crippen LogP contribution is 2.21. The zero-order valence-electron chi connectivity index (χ0n) is 19.8. The molecule has 172 valence electrons. The molecule has 1 atom stereocenters. The molecule has 1 aliphatic rings. The van der Waals surface area contributed by atoms with Gasteiger partial charge in [-0.2, -0.15) is 0 Å². The number of nitrogens with one attached hydrogen (secondary N) is 1. The average molecular weight is 448 g/mol. The van der Waals surface area contributed by atoms with Crippen molar-refractivity contribution in [3.63, 3.8) is 0 Å². The molecule has 1 fully saturated rings. The molecule has 9 heteroatoms. The number of piperidine rings is 1. The van der Waals surface area contributed by atoms with Crippen molar-refractivity contribution in [3.8, 4) is 0 Å². The van der Waals surface area contributed by atoms with Crippen LogP contribution in [0.3, 0.4) is 0 Å². The van der Waals surface area contributed by atoms with Gasteiger partial charge in [-0.25, -0.2) is 14.8 Å². The zero-order valence-corrected chi connectivity index (χ0v) is 20.8. The molecule has 3 rings (SSSR count). The van der Waals surface area contributed by atoms with Crippen molar-refractivity contribution in [1.82, 2.24) is 19.9 Å². The van der Waals surface area contributed by atoms with E-state index >= 15 is 0 Å². The third kappa shape index (κ3) is 7.21. The molecule has 31 heavy (non-hydrogen) atoms. The molecular formula is C22H37N5O3Si. The van der Waals surface area contributed by atoms with Crippen LogP contribution in [0.2, 0.25) is 25.7 Å². The van der Waals surface area contributed by atoms with E-state index in [2.05, 4.69) is 34.8 Å². The third-order valence-electron chi connectivity index (χ3n) is 5.14. The molecule has 8 nitrogen and oxygen atoms in total. The molecule has 0 bridgehead atoms. The molecule has 3 heterocycles. The first-order valence-electron chi connectivity index (χ1n) is 11.1. The van der Waals surface area contributed by atoms with E-state index in [-0.39, 0.29) is 12.1 Å². The van der Waals surface area contributed by atoms with Crippen molar-refractivity contribution in [3.05, 3.63) is 18.5 Å². The molecule has 1 unspecified atom stereocenters. The summed E-state index contributed by atoms with van der Waals surface area (Å²) in [6.07, 6.45) is 5.33. The first-order valence-corrected chi connectivity index (χ1v) is 14.8. The predicted octanol–water partition coefficient (Wildman–Crippen LogP) is 4.24. The number of ether oxygens (including phenoxy) is 2. The van der Waals surface area contributed by atoms with Crippen LogP contribution in [0.1, 0.15) is 33.6 Å². The molecule has 1 saturated heterocycles. The summed E-state index contributed by atoms with van der Waals surface area (Å²) >= 11 is 0. The van der Waals surface area contributed by atoms with Crippen LogP contribution >= 0.6 is 0 Å². The summed E-state index contributed by atoms with van der Waals surface area (Å²) in [5, 5.41) is 2.99. The lowest BCUT2D eigenvalue weighted by Crippen LogP contribution is -2.49. The number of alkyl carbamates (subject to hydrolysis) is 1. The summed E-state index contributed by atoms with van der Waals surface area (Å²) in [5.74, 6) is 0.834. The van der Waals surface area contributed by atoms with Crippen molar-refractivity contribution in [1.29, 1.82) is 0 Å². The van der Waals surface area contributed by atoms with Gasteiger partial charge in [0, 0.05) is 40.0 Å². The third-order valence-corrected chi connectivity index (χ3v) is 6.85. The monoisotopic (exact) mass is 447 g/mol. The molecule has 0 aromatic carbocycles. The minimum atomic E-state index is -1.09. The van der Waals surface area contributed by atoms with Crippen LogP contribution in [0.15, 0.2) is 18.5 Å². The van der Waals surface area contributed by atoms with Crippen LogP contribution < -0.4 is 10.2 Å². The second kappa shape index (κ2) is 9.56. The molecule has 0 saturated carbocycles. The van der Waals surface area contributed by atoms with Crippen molar-refractivity contribution < 1.29 is 14.3 Å². The Balaban J connectivity index is 1.59. The molecule has 0 aliphatic carbocycles. The Hall–Kier alpha value is -2.13. The van der Waals surface area contributed by atoms with E-state index in [0.717, 1.165) is 49.0 Å². The predicted molar refractivity (Wildman–Crippen MR) is 126 cm³/mol. The van der Waals surface area contributed by atoms with Gasteiger partial charge >= 0.3 is 6.09 Å². The SMILES string of the molecule is CC(C)(C)OC(=O)NC1CCCN(c2cnc3c(ccn3COCC[Si](C)(C)C)n2)C1. The Kier molecular flexibility index (Phi) is 7.26. The van der Waals surface area contributed by atoms with Crippen molar-refractivity contribution >= 4 is 31.1 Å². The van der Waals surface area contributed by atoms with Crippen LogP contribution in [0.25, 0.3) is 11.2 Å². The quantitative estimate of drug-likeness (QED) is 0.505. The Morgan fingerprint density at radius 2 is 2.10 bits per heavy atom. The van der Waals surface area contributed by atoms with Crippen LogP contribution in [-0.4, -0.2) is 60.0 Å². The Bertz CT molecular complexity index is 887. The molecule has 1 aliphatic heterocycles. The summed E-state index contributed by atoms with van der Waals surface area (Å²) in [6.45, 7) is 15.5. The van der Waals surface area contributed by atoms with Gasteiger partial charge in [0.2, 0.25) is 0 Å². The number of aromatic nitrogens is 3. The minimum absolute atomic E-state index is 0.0328. The summed E-state index contributed by atoms with van der Waals surface area (Å²) in [5.41, 5.74) is 1.19. The van der Waals surface area contributed by atoms with Gasteiger partial charge in [0.15, 0.2) is 5.65 Å². The molecule has 1 amide bonds. The highest BCUT2D eigenvalue weighted by Gasteiger charge is 2.25. The van der Waals surface area contributed by atoms with Crippen LogP contribution in [-0.2, 0) is 16.2 Å². The summed E-state index contributed by atoms with van der Waals surface area (Å²) < 4.78 is 13.3. The van der Waals surface area contributed by atoms with Gasteiger partial charge in [-0.1, -0.05) is 19.6 Å². The maximum atomic E-state index is 12.1. The zero-order chi connectivity index (χ0) is 22.6. The largest absolute Gasteiger partial charge is 0.444 e. The Morgan fingerprint density at radius 1 is 1.32 bits per heavy atom. The van der Waals surface area contributed by atoms with Crippen molar-refractivity contribution in [2.24, 2.45) is 0 Å². The molecule has 0 radical (unpaired) electrons. The number of amides is 1. The summed E-state index contributed by atoms with van der Waals surface area (Å²) in [4.78, 5) is 23.8. The topological polar surface area (TPSA) is 81.5 Å². The van der Waals surface area contributed by atoms with E-state index in [1.807, 2.05) is 43.8 Å². The lowest BCUT2D eigenvalue weighted by atomic mass is 10.1. The second-order valence-corrected chi connectivity index (χ2v) is 16.1. The second-order valence-electron chi connectivity index (χ2n) is 10.5. The number of hydrogen-bond acceptors (Lipinski definition) is 6. The highest BCUT2D eigenvalue weighted by atomic mass is 28.3. The van der Waals surface area contributed by atoms with Crippen LogP contribution in [0, 0.1) is 0 Å². The number of hydrogen-bond donors (Lipinski definition) is 1. The standard InChI is InChI=1S/C22H37N5O3Si/c1-22(2,3)30-21(28)24-17-8-7-10-26(15-17)19-14-23-20-18(25-19)9-11-27(20)16-29-12-13-31(4,5)6/h9,11,14,17H,7-8,10,12-13,15-16H2,1-6H3,(H,24,28). The van der Waals surface area contributed by atoms with Gasteiger partial charge in [0.05, 0.1) is 6.20 Å². The van der Waals surface area contributed by atoms with Crippen LogP contribution in [0.4, 0.5) is 10.6 Å². The maximum absolute atomic E-state index is 12.1. The first-order chi connectivity index (χ1) is 14.5. The van der Waals surface area contributed by atoms with Gasteiger partial charge in [0.1, 0.15) is 23.7 Å². The normalized spacial score (nSPS) is 17.7. The summed E-state index contributed by atoms with van der Waals surface area (Å²) in [7, 11) is -1.09. The fourth-order valence-corrected chi connectivity index (χ4v) is 4.28. The van der Waals surface area contributed by atoms with Gasteiger partial charge < -0.3 is 24.3 Å². The summed E-state index contributed by atoms with van der Waals surface area (Å²) in [6, 6.07) is 3.16. The van der Waals surface area contributed by atoms with E-state index in [1.54, 1.807) is 0 Å². The van der Waals surface area contributed by atoms with Crippen molar-refractivity contribution in [2.75, 3.05) is 24.6 Å². The van der Waals surface area contributed by atoms with E-state index in [9.17, 15) is 4.79 Å². The van der Waals surface area contributed by atoms with Gasteiger partial charge in [-0.3, -0.25) is 0 Å². The van der Waals surface area contributed by atoms with Gasteiger partial charge in [-0.15, -0.1) is 0 Å². The number of nitrogens with zero attached hydrogens (tertiary/aromatic N) is 4. The smallest absolute Gasteiger partial charge is 0.407 e.